The fourth-order valence-electron chi connectivity index (χ4n) is 3.81. The van der Waals surface area contributed by atoms with E-state index in [0.29, 0.717) is 16.5 Å². The summed E-state index contributed by atoms with van der Waals surface area (Å²) in [5.41, 5.74) is 7.70. The van der Waals surface area contributed by atoms with Crippen LogP contribution in [0.3, 0.4) is 0 Å². The van der Waals surface area contributed by atoms with Crippen LogP contribution in [0.5, 0.6) is 5.75 Å². The Bertz CT molecular complexity index is 889. The van der Waals surface area contributed by atoms with Gasteiger partial charge < -0.3 is 15.4 Å². The van der Waals surface area contributed by atoms with Crippen LogP contribution in [0.15, 0.2) is 40.9 Å². The molecular weight excluding hydrogens is 478 g/mol. The first kappa shape index (κ1) is 23.0. The largest absolute Gasteiger partial charge is 0.435 e. The highest BCUT2D eigenvalue weighted by Gasteiger charge is 2.21. The van der Waals surface area contributed by atoms with Crippen LogP contribution in [0, 0.1) is 5.92 Å². The van der Waals surface area contributed by atoms with Gasteiger partial charge in [-0.05, 0) is 86.1 Å². The van der Waals surface area contributed by atoms with Gasteiger partial charge in [-0.15, -0.1) is 0 Å². The molecule has 0 atom stereocenters. The molecule has 2 aromatic carbocycles. The molecule has 1 saturated heterocycles. The third kappa shape index (κ3) is 6.40. The maximum Gasteiger partial charge on any atom is 0.387 e. The van der Waals surface area contributed by atoms with Gasteiger partial charge in [-0.3, -0.25) is 4.79 Å². The van der Waals surface area contributed by atoms with Crippen molar-refractivity contribution in [3.63, 3.8) is 0 Å². The molecule has 4 nitrogen and oxygen atoms in total. The zero-order valence-electron chi connectivity index (χ0n) is 16.4. The second-order valence-corrected chi connectivity index (χ2v) is 8.81. The van der Waals surface area contributed by atoms with E-state index in [4.69, 9.17) is 17.3 Å². The highest BCUT2D eigenvalue weighted by atomic mass is 79.9. The second-order valence-electron chi connectivity index (χ2n) is 7.55. The second kappa shape index (κ2) is 10.6. The van der Waals surface area contributed by atoms with Crippen molar-refractivity contribution in [3.8, 4) is 5.75 Å². The van der Waals surface area contributed by atoms with E-state index in [1.807, 2.05) is 6.07 Å². The van der Waals surface area contributed by atoms with E-state index < -0.39 is 12.5 Å². The van der Waals surface area contributed by atoms with Crippen LogP contribution in [0.25, 0.3) is 0 Å². The number of likely N-dealkylation sites (tertiary alicyclic amines) is 1. The summed E-state index contributed by atoms with van der Waals surface area (Å²) in [5.74, 6) is 0.178. The summed E-state index contributed by atoms with van der Waals surface area (Å²) in [4.78, 5) is 13.7. The van der Waals surface area contributed by atoms with Crippen molar-refractivity contribution in [2.24, 2.45) is 11.7 Å². The number of nitrogens with two attached hydrogens (primary N) is 1. The average molecular weight is 502 g/mol. The summed E-state index contributed by atoms with van der Waals surface area (Å²) in [6, 6.07) is 10.4. The van der Waals surface area contributed by atoms with Crippen molar-refractivity contribution in [2.45, 2.75) is 32.3 Å². The Morgan fingerprint density at radius 2 is 1.97 bits per heavy atom. The van der Waals surface area contributed by atoms with Crippen LogP contribution in [-0.4, -0.2) is 37.1 Å². The van der Waals surface area contributed by atoms with Crippen LogP contribution in [0.1, 0.15) is 34.3 Å². The molecule has 1 fully saturated rings. The molecule has 3 rings (SSSR count). The number of ether oxygens (including phenoxy) is 1. The van der Waals surface area contributed by atoms with E-state index in [9.17, 15) is 13.6 Å². The highest BCUT2D eigenvalue weighted by Crippen LogP contribution is 2.29. The minimum Gasteiger partial charge on any atom is -0.435 e. The Morgan fingerprint density at radius 3 is 2.60 bits per heavy atom. The van der Waals surface area contributed by atoms with Gasteiger partial charge in [0.2, 0.25) is 5.91 Å². The highest BCUT2D eigenvalue weighted by molar-refractivity contribution is 9.10. The normalized spacial score (nSPS) is 15.5. The fourth-order valence-corrected chi connectivity index (χ4v) is 4.51. The third-order valence-electron chi connectivity index (χ3n) is 5.47. The van der Waals surface area contributed by atoms with Gasteiger partial charge in [0.05, 0.1) is 10.6 Å². The third-order valence-corrected chi connectivity index (χ3v) is 6.56. The number of benzene rings is 2. The first-order valence-electron chi connectivity index (χ1n) is 9.85. The van der Waals surface area contributed by atoms with Crippen molar-refractivity contribution in [2.75, 3.05) is 19.6 Å². The van der Waals surface area contributed by atoms with Crippen molar-refractivity contribution in [1.82, 2.24) is 4.90 Å². The van der Waals surface area contributed by atoms with Gasteiger partial charge in [-0.1, -0.05) is 33.6 Å². The summed E-state index contributed by atoms with van der Waals surface area (Å²) in [6.45, 7) is 0.0788. The molecule has 2 aromatic rings. The van der Waals surface area contributed by atoms with Crippen LogP contribution in [0.4, 0.5) is 8.78 Å². The van der Waals surface area contributed by atoms with Crippen molar-refractivity contribution in [3.05, 3.63) is 62.6 Å². The predicted molar refractivity (Wildman–Crippen MR) is 117 cm³/mol. The fraction of sp³-hybridized carbons (Fsp3) is 0.409. The standard InChI is InChI=1S/C22H24BrClF2N2O2/c23-19-4-2-17(30-22(25)26)13-16(19)11-15-6-9-28(10-7-15)8-5-14-1-3-18(21(27)29)20(24)12-14/h1-4,12-13,15,22H,5-11H2,(H2,27,29). The van der Waals surface area contributed by atoms with Gasteiger partial charge in [0.1, 0.15) is 5.75 Å². The van der Waals surface area contributed by atoms with Gasteiger partial charge >= 0.3 is 6.61 Å². The Labute approximate surface area is 188 Å². The van der Waals surface area contributed by atoms with Crippen LogP contribution >= 0.6 is 27.5 Å². The number of alkyl halides is 2. The lowest BCUT2D eigenvalue weighted by atomic mass is 9.90. The van der Waals surface area contributed by atoms with Gasteiger partial charge in [0.15, 0.2) is 0 Å². The monoisotopic (exact) mass is 500 g/mol. The topological polar surface area (TPSA) is 55.6 Å². The molecule has 0 bridgehead atoms. The van der Waals surface area contributed by atoms with E-state index >= 15 is 0 Å². The van der Waals surface area contributed by atoms with Crippen LogP contribution in [-0.2, 0) is 12.8 Å². The number of carbonyl (C=O) groups excluding carboxylic acids is 1. The summed E-state index contributed by atoms with van der Waals surface area (Å²) < 4.78 is 30.4. The molecule has 162 valence electrons. The molecule has 0 radical (unpaired) electrons. The molecule has 0 unspecified atom stereocenters. The maximum atomic E-state index is 12.5. The molecule has 0 saturated carbocycles. The molecule has 0 aromatic heterocycles. The number of rotatable bonds is 8. The quantitative estimate of drug-likeness (QED) is 0.534. The zero-order chi connectivity index (χ0) is 21.7. The number of nitrogens with zero attached hydrogens (tertiary/aromatic N) is 1. The molecule has 0 aliphatic carbocycles. The Morgan fingerprint density at radius 1 is 1.23 bits per heavy atom. The van der Waals surface area contributed by atoms with E-state index in [2.05, 4.69) is 25.6 Å². The summed E-state index contributed by atoms with van der Waals surface area (Å²) >= 11 is 9.64. The molecular formula is C22H24BrClF2N2O2. The molecule has 2 N–H and O–H groups in total. The number of piperidine rings is 1. The maximum absolute atomic E-state index is 12.5. The summed E-state index contributed by atoms with van der Waals surface area (Å²) in [7, 11) is 0. The first-order chi connectivity index (χ1) is 14.3. The number of hydrogen-bond donors (Lipinski definition) is 1. The minimum atomic E-state index is -2.82. The van der Waals surface area contributed by atoms with Crippen LogP contribution < -0.4 is 10.5 Å². The van der Waals surface area contributed by atoms with E-state index in [1.54, 1.807) is 30.3 Å². The first-order valence-corrected chi connectivity index (χ1v) is 11.0. The molecule has 0 spiro atoms. The number of halogens is 4. The van der Waals surface area contributed by atoms with Gasteiger partial charge in [0.25, 0.3) is 0 Å². The van der Waals surface area contributed by atoms with E-state index in [-0.39, 0.29) is 5.75 Å². The smallest absolute Gasteiger partial charge is 0.387 e. The molecule has 30 heavy (non-hydrogen) atoms. The van der Waals surface area contributed by atoms with Gasteiger partial charge in [-0.25, -0.2) is 0 Å². The predicted octanol–water partition coefficient (Wildman–Crippen LogP) is 5.30. The molecule has 1 aliphatic heterocycles. The van der Waals surface area contributed by atoms with Gasteiger partial charge in [-0.2, -0.15) is 8.78 Å². The summed E-state index contributed by atoms with van der Waals surface area (Å²) in [5, 5.41) is 0.391. The van der Waals surface area contributed by atoms with Crippen molar-refractivity contribution < 1.29 is 18.3 Å². The Hall–Kier alpha value is -1.70. The average Bonchev–Trinajstić information content (AvgIpc) is 2.69. The van der Waals surface area contributed by atoms with E-state index in [1.165, 1.54) is 0 Å². The number of carbonyl (C=O) groups is 1. The summed E-state index contributed by atoms with van der Waals surface area (Å²) in [6.07, 6.45) is 3.78. The molecule has 8 heteroatoms. The minimum absolute atomic E-state index is 0.196. The lowest BCUT2D eigenvalue weighted by molar-refractivity contribution is -0.0499. The SMILES string of the molecule is NC(=O)c1ccc(CCN2CCC(Cc3cc(OC(F)F)ccc3Br)CC2)cc1Cl. The van der Waals surface area contributed by atoms with Gasteiger partial charge in [0, 0.05) is 11.0 Å². The Kier molecular flexibility index (Phi) is 8.08. The molecule has 1 heterocycles. The lowest BCUT2D eigenvalue weighted by Crippen LogP contribution is -2.35. The number of primary amides is 1. The molecule has 1 amide bonds. The van der Waals surface area contributed by atoms with E-state index in [0.717, 1.165) is 60.9 Å². The number of amides is 1. The number of hydrogen-bond acceptors (Lipinski definition) is 3. The van der Waals surface area contributed by atoms with Crippen molar-refractivity contribution >= 4 is 33.4 Å². The zero-order valence-corrected chi connectivity index (χ0v) is 18.8. The molecule has 1 aliphatic rings. The Balaban J connectivity index is 1.48. The van der Waals surface area contributed by atoms with Crippen LogP contribution in [0.2, 0.25) is 5.02 Å². The van der Waals surface area contributed by atoms with Crippen molar-refractivity contribution in [1.29, 1.82) is 0 Å². The lowest BCUT2D eigenvalue weighted by Gasteiger charge is -2.32.